The van der Waals surface area contributed by atoms with Crippen molar-refractivity contribution in [2.45, 2.75) is 30.9 Å². The summed E-state index contributed by atoms with van der Waals surface area (Å²) in [6, 6.07) is 0. The van der Waals surface area contributed by atoms with Crippen molar-refractivity contribution < 1.29 is 71.4 Å². The van der Waals surface area contributed by atoms with E-state index in [1.165, 1.54) is 11.1 Å². The summed E-state index contributed by atoms with van der Waals surface area (Å²) < 4.78 is 0.639. The van der Waals surface area contributed by atoms with E-state index in [9.17, 15) is 0 Å². The summed E-state index contributed by atoms with van der Waals surface area (Å²) in [5, 5.41) is 0. The molecule has 0 aromatic carbocycles. The second-order valence-electron chi connectivity index (χ2n) is 4.06. The molecule has 0 spiro atoms. The maximum Gasteiger partial charge on any atom is -1.00 e. The van der Waals surface area contributed by atoms with E-state index in [-0.39, 0.29) is 50.9 Å². The molecular formula is C13H15Br3Ti. The molecule has 0 unspecified atom stereocenters. The zero-order valence-electron chi connectivity index (χ0n) is 9.93. The van der Waals surface area contributed by atoms with Crippen LogP contribution in [0.2, 0.25) is 4.22 Å². The molecule has 2 aliphatic rings. The summed E-state index contributed by atoms with van der Waals surface area (Å²) in [7, 11) is 0. The van der Waals surface area contributed by atoms with E-state index in [4.69, 9.17) is 0 Å². The summed E-state index contributed by atoms with van der Waals surface area (Å²) >= 11 is 2.34. The van der Waals surface area contributed by atoms with E-state index in [0.717, 1.165) is 12.8 Å². The molecule has 0 aliphatic heterocycles. The number of allylic oxidation sites excluding steroid dienone is 8. The fraction of sp³-hybridized carbons (Fsp3) is 0.385. The molecule has 0 atom stereocenters. The molecule has 0 aromatic heterocycles. The fourth-order valence-corrected chi connectivity index (χ4v) is 3.24. The van der Waals surface area contributed by atoms with Gasteiger partial charge >= 0.3 is 97.9 Å². The quantitative estimate of drug-likeness (QED) is 0.363. The number of hydrogen-bond donors (Lipinski definition) is 0. The zero-order valence-corrected chi connectivity index (χ0v) is 16.3. The van der Waals surface area contributed by atoms with Gasteiger partial charge in [0.15, 0.2) is 0 Å². The first-order valence-corrected chi connectivity index (χ1v) is 6.04. The van der Waals surface area contributed by atoms with Crippen molar-refractivity contribution in [3.63, 3.8) is 0 Å². The molecule has 0 amide bonds. The van der Waals surface area contributed by atoms with Crippen molar-refractivity contribution in [3.8, 4) is 0 Å². The first-order valence-electron chi connectivity index (χ1n) is 5.13. The Morgan fingerprint density at radius 3 is 1.47 bits per heavy atom. The Hall–Kier alpha value is 1.11. The van der Waals surface area contributed by atoms with E-state index in [1.54, 1.807) is 11.1 Å². The Morgan fingerprint density at radius 2 is 1.24 bits per heavy atom. The van der Waals surface area contributed by atoms with Gasteiger partial charge in [-0.3, -0.25) is 0 Å². The first kappa shape index (κ1) is 20.4. The van der Waals surface area contributed by atoms with Crippen LogP contribution >= 0.6 is 0 Å². The van der Waals surface area contributed by atoms with Crippen molar-refractivity contribution in [2.24, 2.45) is 0 Å². The van der Waals surface area contributed by atoms with E-state index >= 15 is 0 Å². The molecule has 0 heterocycles. The van der Waals surface area contributed by atoms with Gasteiger partial charge in [-0.15, -0.1) is 0 Å². The Bertz CT molecular complexity index is 342. The van der Waals surface area contributed by atoms with Gasteiger partial charge in [0.05, 0.1) is 0 Å². The number of halogens is 3. The molecule has 0 saturated heterocycles. The van der Waals surface area contributed by atoms with Crippen LogP contribution in [0, 0.1) is 0 Å². The maximum atomic E-state index is 2.34. The minimum Gasteiger partial charge on any atom is -1.00 e. The summed E-state index contributed by atoms with van der Waals surface area (Å²) in [5.41, 5.74) is 6.18. The van der Waals surface area contributed by atoms with Crippen LogP contribution in [0.4, 0.5) is 0 Å². The van der Waals surface area contributed by atoms with Gasteiger partial charge in [0.2, 0.25) is 0 Å². The van der Waals surface area contributed by atoms with E-state index < -0.39 is 0 Å². The van der Waals surface area contributed by atoms with E-state index in [2.05, 4.69) is 58.6 Å². The smallest absolute Gasteiger partial charge is 1.00 e. The van der Waals surface area contributed by atoms with Crippen molar-refractivity contribution in [1.82, 2.24) is 0 Å². The molecule has 2 aliphatic carbocycles. The predicted octanol–water partition coefficient (Wildman–Crippen LogP) is -5.11. The Kier molecular flexibility index (Phi) is 10.9. The van der Waals surface area contributed by atoms with Crippen molar-refractivity contribution in [3.05, 3.63) is 46.6 Å². The van der Waals surface area contributed by atoms with Crippen molar-refractivity contribution >= 4 is 0 Å². The second-order valence-corrected chi connectivity index (χ2v) is 4.96. The summed E-state index contributed by atoms with van der Waals surface area (Å²) in [6.07, 6.45) is 11.4. The van der Waals surface area contributed by atoms with Gasteiger partial charge in [0.25, 0.3) is 0 Å². The van der Waals surface area contributed by atoms with Crippen LogP contribution in [0.25, 0.3) is 0 Å². The second kappa shape index (κ2) is 9.09. The van der Waals surface area contributed by atoms with Gasteiger partial charge in [-0.05, 0) is 0 Å². The van der Waals surface area contributed by atoms with Crippen molar-refractivity contribution in [1.29, 1.82) is 0 Å². The predicted molar refractivity (Wildman–Crippen MR) is 56.7 cm³/mol. The minimum absolute atomic E-state index is 0. The average Bonchev–Trinajstić information content (AvgIpc) is 2.73. The zero-order chi connectivity index (χ0) is 10.1. The van der Waals surface area contributed by atoms with Gasteiger partial charge in [0, 0.05) is 0 Å². The number of hydrogen-bond acceptors (Lipinski definition) is 0. The molecule has 17 heavy (non-hydrogen) atoms. The largest absolute Gasteiger partial charge is 1.00 e. The van der Waals surface area contributed by atoms with Crippen molar-refractivity contribution in [2.75, 3.05) is 0 Å². The van der Waals surface area contributed by atoms with Crippen LogP contribution in [0.3, 0.4) is 0 Å². The van der Waals surface area contributed by atoms with Gasteiger partial charge < -0.3 is 50.9 Å². The Morgan fingerprint density at radius 1 is 0.882 bits per heavy atom. The molecule has 0 fully saturated rings. The van der Waals surface area contributed by atoms with Crippen LogP contribution in [-0.4, -0.2) is 0 Å². The molecule has 2 rings (SSSR count). The van der Waals surface area contributed by atoms with Crippen LogP contribution in [0.5, 0.6) is 0 Å². The van der Waals surface area contributed by atoms with Gasteiger partial charge in [-0.25, -0.2) is 0 Å². The minimum atomic E-state index is 0. The summed E-state index contributed by atoms with van der Waals surface area (Å²) in [4.78, 5) is 0. The molecule has 92 valence electrons. The third-order valence-corrected chi connectivity index (χ3v) is 4.21. The number of rotatable bonds is 2. The maximum absolute atomic E-state index is 2.34. The molecule has 0 N–H and O–H groups in total. The third kappa shape index (κ3) is 4.61. The molecular weight excluding hydrogens is 444 g/mol. The van der Waals surface area contributed by atoms with Crippen LogP contribution in [0.15, 0.2) is 46.6 Å². The molecule has 0 nitrogen and oxygen atoms in total. The molecule has 0 bridgehead atoms. The van der Waals surface area contributed by atoms with Gasteiger partial charge in [0.1, 0.15) is 0 Å². The third-order valence-electron chi connectivity index (χ3n) is 3.12. The monoisotopic (exact) mass is 456 g/mol. The Balaban J connectivity index is 0. The van der Waals surface area contributed by atoms with Crippen LogP contribution in [-0.2, 0) is 20.4 Å². The summed E-state index contributed by atoms with van der Waals surface area (Å²) in [6.45, 7) is 4.46. The molecule has 4 heteroatoms. The van der Waals surface area contributed by atoms with Gasteiger partial charge in [-0.2, -0.15) is 0 Å². The van der Waals surface area contributed by atoms with Gasteiger partial charge in [-0.1, -0.05) is 0 Å². The first-order chi connectivity index (χ1) is 6.70. The molecule has 0 aromatic rings. The molecule has 0 saturated carbocycles. The topological polar surface area (TPSA) is 0 Å². The average molecular weight is 459 g/mol. The Labute approximate surface area is 147 Å². The van der Waals surface area contributed by atoms with E-state index in [1.807, 2.05) is 0 Å². The normalized spacial score (nSPS) is 17.2. The van der Waals surface area contributed by atoms with E-state index in [0.29, 0.717) is 4.22 Å². The standard InChI is InChI=1S/C13H15.3BrH.Ti/c1-10-5-3-7-12(10)9-13-8-4-6-11(13)2;;;;/h3-6,9H,7-8H2,1-2H3;3*1H;/q;;;;+3/p-3. The summed E-state index contributed by atoms with van der Waals surface area (Å²) in [5.74, 6) is 0. The fourth-order valence-electron chi connectivity index (χ4n) is 2.16. The SMILES string of the molecule is CC1=C([CH]([Ti+3])C2=C(C)C=CC2)CC=C1.[Br-].[Br-].[Br-]. The molecule has 0 radical (unpaired) electrons. The van der Waals surface area contributed by atoms with Crippen LogP contribution in [0.1, 0.15) is 26.7 Å². The van der Waals surface area contributed by atoms with Crippen LogP contribution < -0.4 is 50.9 Å².